The van der Waals surface area contributed by atoms with Crippen LogP contribution in [-0.4, -0.2) is 48.6 Å². The van der Waals surface area contributed by atoms with Gasteiger partial charge < -0.3 is 14.9 Å². The second-order valence-electron chi connectivity index (χ2n) is 4.09. The van der Waals surface area contributed by atoms with Gasteiger partial charge in [0, 0.05) is 35.3 Å². The van der Waals surface area contributed by atoms with Gasteiger partial charge in [-0.3, -0.25) is 4.79 Å². The van der Waals surface area contributed by atoms with Crippen LogP contribution in [-0.2, 0) is 0 Å². The molecule has 1 saturated heterocycles. The normalized spacial score (nSPS) is 15.6. The highest BCUT2D eigenvalue weighted by atomic mass is 127. The Hall–Kier alpha value is -1.31. The van der Waals surface area contributed by atoms with E-state index in [-0.39, 0.29) is 0 Å². The summed E-state index contributed by atoms with van der Waals surface area (Å²) < 4.78 is 1.01. The van der Waals surface area contributed by atoms with Crippen LogP contribution in [0.2, 0.25) is 0 Å². The van der Waals surface area contributed by atoms with E-state index in [9.17, 15) is 9.59 Å². The molecule has 5 nitrogen and oxygen atoms in total. The summed E-state index contributed by atoms with van der Waals surface area (Å²) in [6, 6.07) is 5.54. The van der Waals surface area contributed by atoms with Gasteiger partial charge in [-0.25, -0.2) is 4.79 Å². The molecule has 0 spiro atoms. The number of amides is 1. The number of halogens is 1. The zero-order valence-electron chi connectivity index (χ0n) is 9.67. The van der Waals surface area contributed by atoms with Gasteiger partial charge in [0.2, 0.25) is 0 Å². The highest BCUT2D eigenvalue weighted by Crippen LogP contribution is 2.24. The van der Waals surface area contributed by atoms with E-state index in [4.69, 9.17) is 5.11 Å². The molecular weight excluding hydrogens is 347 g/mol. The van der Waals surface area contributed by atoms with Gasteiger partial charge in [0.05, 0.1) is 5.69 Å². The number of aldehydes is 1. The van der Waals surface area contributed by atoms with E-state index >= 15 is 0 Å². The van der Waals surface area contributed by atoms with Crippen molar-refractivity contribution in [3.05, 3.63) is 27.3 Å². The number of piperazine rings is 1. The molecule has 0 aliphatic carbocycles. The highest BCUT2D eigenvalue weighted by Gasteiger charge is 2.21. The van der Waals surface area contributed by atoms with E-state index in [1.54, 1.807) is 6.07 Å². The molecule has 1 aromatic rings. The average molecular weight is 360 g/mol. The van der Waals surface area contributed by atoms with Gasteiger partial charge >= 0.3 is 6.09 Å². The minimum absolute atomic E-state index is 0.515. The number of carbonyl (C=O) groups excluding carboxylic acids is 1. The summed E-state index contributed by atoms with van der Waals surface area (Å²) in [5.74, 6) is 0. The summed E-state index contributed by atoms with van der Waals surface area (Å²) in [5, 5.41) is 8.89. The maximum atomic E-state index is 10.8. The lowest BCUT2D eigenvalue weighted by Gasteiger charge is -2.35. The molecule has 0 radical (unpaired) electrons. The molecule has 0 atom stereocenters. The van der Waals surface area contributed by atoms with Crippen molar-refractivity contribution < 1.29 is 14.7 Å². The van der Waals surface area contributed by atoms with E-state index < -0.39 is 6.09 Å². The van der Waals surface area contributed by atoms with Crippen LogP contribution in [0.5, 0.6) is 0 Å². The number of hydrogen-bond acceptors (Lipinski definition) is 3. The minimum Gasteiger partial charge on any atom is -0.465 e. The monoisotopic (exact) mass is 360 g/mol. The molecule has 1 aliphatic heterocycles. The minimum atomic E-state index is -0.861. The molecule has 18 heavy (non-hydrogen) atoms. The smallest absolute Gasteiger partial charge is 0.407 e. The Balaban J connectivity index is 2.10. The molecule has 6 heteroatoms. The summed E-state index contributed by atoms with van der Waals surface area (Å²) >= 11 is 2.20. The van der Waals surface area contributed by atoms with E-state index in [2.05, 4.69) is 27.5 Å². The largest absolute Gasteiger partial charge is 0.465 e. The summed E-state index contributed by atoms with van der Waals surface area (Å²) in [4.78, 5) is 25.1. The summed E-state index contributed by atoms with van der Waals surface area (Å²) in [6.07, 6.45) is -0.0328. The number of rotatable bonds is 2. The van der Waals surface area contributed by atoms with Crippen LogP contribution in [0.25, 0.3) is 0 Å². The van der Waals surface area contributed by atoms with Crippen LogP contribution >= 0.6 is 22.6 Å². The molecule has 1 heterocycles. The summed E-state index contributed by atoms with van der Waals surface area (Å²) in [5.41, 5.74) is 1.72. The molecule has 96 valence electrons. The fraction of sp³-hybridized carbons (Fsp3) is 0.333. The number of carboxylic acid groups (broad SMARTS) is 1. The van der Waals surface area contributed by atoms with Gasteiger partial charge in [-0.05, 0) is 40.8 Å². The number of anilines is 1. The van der Waals surface area contributed by atoms with Crippen molar-refractivity contribution in [2.24, 2.45) is 0 Å². The van der Waals surface area contributed by atoms with Crippen LogP contribution in [0.15, 0.2) is 18.2 Å². The van der Waals surface area contributed by atoms with Gasteiger partial charge in [-0.15, -0.1) is 0 Å². The van der Waals surface area contributed by atoms with Gasteiger partial charge in [-0.2, -0.15) is 0 Å². The molecule has 0 unspecified atom stereocenters. The third-order valence-electron chi connectivity index (χ3n) is 3.00. The first-order valence-corrected chi connectivity index (χ1v) is 6.67. The molecule has 1 aliphatic rings. The lowest BCUT2D eigenvalue weighted by molar-refractivity contribution is 0.112. The molecule has 0 aromatic heterocycles. The second kappa shape index (κ2) is 5.55. The van der Waals surface area contributed by atoms with Crippen molar-refractivity contribution in [2.75, 3.05) is 31.1 Å². The third kappa shape index (κ3) is 2.74. The Morgan fingerprint density at radius 2 is 1.94 bits per heavy atom. The number of nitrogens with zero attached hydrogens (tertiary/aromatic N) is 2. The topological polar surface area (TPSA) is 60.9 Å². The van der Waals surface area contributed by atoms with E-state index in [0.717, 1.165) is 15.5 Å². The van der Waals surface area contributed by atoms with Crippen LogP contribution in [0.4, 0.5) is 10.5 Å². The molecule has 0 saturated carbocycles. The summed E-state index contributed by atoms with van der Waals surface area (Å²) in [6.45, 7) is 2.40. The molecule has 1 amide bonds. The van der Waals surface area contributed by atoms with Crippen molar-refractivity contribution >= 4 is 40.7 Å². The summed E-state index contributed by atoms with van der Waals surface area (Å²) in [7, 11) is 0. The highest BCUT2D eigenvalue weighted by molar-refractivity contribution is 14.1. The number of carbonyl (C=O) groups is 2. The van der Waals surface area contributed by atoms with Crippen LogP contribution < -0.4 is 4.90 Å². The number of benzene rings is 1. The molecule has 2 rings (SSSR count). The van der Waals surface area contributed by atoms with Crippen LogP contribution in [0.3, 0.4) is 0 Å². The SMILES string of the molecule is O=Cc1ccc(N2CCN(C(=O)O)CC2)c(I)c1. The Morgan fingerprint density at radius 1 is 1.28 bits per heavy atom. The zero-order chi connectivity index (χ0) is 13.1. The quantitative estimate of drug-likeness (QED) is 0.647. The van der Waals surface area contributed by atoms with E-state index in [1.807, 2.05) is 12.1 Å². The molecule has 0 bridgehead atoms. The van der Waals surface area contributed by atoms with Crippen molar-refractivity contribution in [3.63, 3.8) is 0 Å². The zero-order valence-corrected chi connectivity index (χ0v) is 11.8. The molecule has 1 aromatic carbocycles. The second-order valence-corrected chi connectivity index (χ2v) is 5.25. The van der Waals surface area contributed by atoms with Crippen molar-refractivity contribution in [1.82, 2.24) is 4.90 Å². The van der Waals surface area contributed by atoms with Crippen LogP contribution in [0, 0.1) is 3.57 Å². The van der Waals surface area contributed by atoms with Gasteiger partial charge in [-0.1, -0.05) is 0 Å². The Morgan fingerprint density at radius 3 is 2.44 bits per heavy atom. The maximum Gasteiger partial charge on any atom is 0.407 e. The molecular formula is C12H13IN2O3. The standard InChI is InChI=1S/C12H13IN2O3/c13-10-7-9(8-16)1-2-11(10)14-3-5-15(6-4-14)12(17)18/h1-2,7-8H,3-6H2,(H,17,18). The molecule has 1 N–H and O–H groups in total. The third-order valence-corrected chi connectivity index (χ3v) is 3.86. The van der Waals surface area contributed by atoms with E-state index in [1.165, 1.54) is 4.90 Å². The lowest BCUT2D eigenvalue weighted by Crippen LogP contribution is -2.48. The predicted octanol–water partition coefficient (Wildman–Crippen LogP) is 1.90. The maximum absolute atomic E-state index is 10.8. The predicted molar refractivity (Wildman–Crippen MR) is 76.4 cm³/mol. The lowest BCUT2D eigenvalue weighted by atomic mass is 10.2. The number of hydrogen-bond donors (Lipinski definition) is 1. The Labute approximate surface area is 119 Å². The van der Waals surface area contributed by atoms with Gasteiger partial charge in [0.15, 0.2) is 0 Å². The average Bonchev–Trinajstić information content (AvgIpc) is 2.38. The van der Waals surface area contributed by atoms with Gasteiger partial charge in [0.25, 0.3) is 0 Å². The fourth-order valence-electron chi connectivity index (χ4n) is 1.99. The van der Waals surface area contributed by atoms with Gasteiger partial charge in [0.1, 0.15) is 6.29 Å². The first-order chi connectivity index (χ1) is 8.61. The van der Waals surface area contributed by atoms with Crippen molar-refractivity contribution in [2.45, 2.75) is 0 Å². The first-order valence-electron chi connectivity index (χ1n) is 5.59. The van der Waals surface area contributed by atoms with Crippen molar-refractivity contribution in [3.8, 4) is 0 Å². The fourth-order valence-corrected chi connectivity index (χ4v) is 2.87. The Bertz CT molecular complexity index is 470. The van der Waals surface area contributed by atoms with E-state index in [0.29, 0.717) is 31.7 Å². The molecule has 1 fully saturated rings. The first kappa shape index (κ1) is 13.1. The van der Waals surface area contributed by atoms with Crippen molar-refractivity contribution in [1.29, 1.82) is 0 Å². The van der Waals surface area contributed by atoms with Crippen LogP contribution in [0.1, 0.15) is 10.4 Å². The Kier molecular flexibility index (Phi) is 4.05.